The Kier molecular flexibility index (Phi) is 4.57. The van der Waals surface area contributed by atoms with Crippen molar-refractivity contribution in [3.8, 4) is 11.5 Å². The molecule has 1 fully saturated rings. The minimum Gasteiger partial charge on any atom is -0.508 e. The summed E-state index contributed by atoms with van der Waals surface area (Å²) in [6.45, 7) is 1.77. The molecule has 1 aromatic carbocycles. The molecule has 3 atom stereocenters. The van der Waals surface area contributed by atoms with Gasteiger partial charge in [-0.3, -0.25) is 4.79 Å². The molecule has 3 rings (SSSR count). The highest BCUT2D eigenvalue weighted by Crippen LogP contribution is 2.33. The van der Waals surface area contributed by atoms with E-state index < -0.39 is 11.7 Å². The summed E-state index contributed by atoms with van der Waals surface area (Å²) in [4.78, 5) is 24.5. The molecule has 6 heteroatoms. The maximum atomic E-state index is 12.4. The fourth-order valence-corrected chi connectivity index (χ4v) is 3.02. The lowest BCUT2D eigenvalue weighted by Crippen LogP contribution is -2.19. The van der Waals surface area contributed by atoms with Gasteiger partial charge in [-0.25, -0.2) is 4.79 Å². The van der Waals surface area contributed by atoms with Crippen molar-refractivity contribution in [3.63, 3.8) is 0 Å². The Hall–Kier alpha value is -2.34. The third kappa shape index (κ3) is 3.76. The van der Waals surface area contributed by atoms with Gasteiger partial charge in [-0.15, -0.1) is 0 Å². The molecule has 1 aromatic rings. The zero-order valence-electron chi connectivity index (χ0n) is 13.4. The number of fused-ring (bicyclic) bond motifs is 2. The number of carbonyl (C=O) groups is 2. The van der Waals surface area contributed by atoms with Gasteiger partial charge in [0.1, 0.15) is 23.2 Å². The molecule has 1 saturated heterocycles. The lowest BCUT2D eigenvalue weighted by molar-refractivity contribution is -0.114. The zero-order valence-corrected chi connectivity index (χ0v) is 13.4. The van der Waals surface area contributed by atoms with Crippen LogP contribution in [0.1, 0.15) is 42.1 Å². The standard InChI is InChI=1S/C18H20O6/c1-10-6-16-15(24-16)5-3-2-4-12(19)7-11-8-13(20)9-14(21)17(11)18(22)23-10/h2,4,8-10,15-16,20-21H,3,5-7H2,1H3/b4-2+/t10-,15-,16+/m0/s1. The van der Waals surface area contributed by atoms with Crippen LogP contribution < -0.4 is 0 Å². The number of hydrogen-bond donors (Lipinski definition) is 2. The molecule has 128 valence electrons. The molecule has 0 aromatic heterocycles. The summed E-state index contributed by atoms with van der Waals surface area (Å²) in [5.41, 5.74) is 0.170. The van der Waals surface area contributed by atoms with Crippen LogP contribution in [-0.2, 0) is 20.7 Å². The van der Waals surface area contributed by atoms with E-state index in [-0.39, 0.29) is 47.4 Å². The van der Waals surface area contributed by atoms with Crippen LogP contribution >= 0.6 is 0 Å². The van der Waals surface area contributed by atoms with Gasteiger partial charge < -0.3 is 19.7 Å². The minimum absolute atomic E-state index is 0.0627. The van der Waals surface area contributed by atoms with Crippen molar-refractivity contribution in [1.29, 1.82) is 0 Å². The first kappa shape index (κ1) is 16.5. The van der Waals surface area contributed by atoms with Gasteiger partial charge in [0, 0.05) is 18.9 Å². The Morgan fingerprint density at radius 2 is 1.96 bits per heavy atom. The topological polar surface area (TPSA) is 96.4 Å². The van der Waals surface area contributed by atoms with Crippen molar-refractivity contribution in [2.45, 2.75) is 50.9 Å². The smallest absolute Gasteiger partial charge is 0.342 e. The largest absolute Gasteiger partial charge is 0.508 e. The summed E-state index contributed by atoms with van der Waals surface area (Å²) in [6, 6.07) is 2.37. The van der Waals surface area contributed by atoms with Crippen LogP contribution in [0.4, 0.5) is 0 Å². The van der Waals surface area contributed by atoms with E-state index in [0.717, 1.165) is 18.9 Å². The van der Waals surface area contributed by atoms with Crippen LogP contribution in [0.15, 0.2) is 24.3 Å². The summed E-state index contributed by atoms with van der Waals surface area (Å²) in [5, 5.41) is 19.7. The predicted octanol–water partition coefficient (Wildman–Crippen LogP) is 2.26. The van der Waals surface area contributed by atoms with E-state index in [2.05, 4.69) is 0 Å². The van der Waals surface area contributed by atoms with Gasteiger partial charge in [0.25, 0.3) is 0 Å². The van der Waals surface area contributed by atoms with Gasteiger partial charge in [-0.2, -0.15) is 0 Å². The number of benzene rings is 1. The van der Waals surface area contributed by atoms with E-state index in [4.69, 9.17) is 9.47 Å². The second kappa shape index (κ2) is 6.65. The molecule has 0 spiro atoms. The molecule has 0 unspecified atom stereocenters. The highest BCUT2D eigenvalue weighted by Gasteiger charge is 2.39. The molecule has 0 amide bonds. The van der Waals surface area contributed by atoms with Gasteiger partial charge in [0.15, 0.2) is 5.78 Å². The van der Waals surface area contributed by atoms with Crippen LogP contribution in [0.5, 0.6) is 11.5 Å². The van der Waals surface area contributed by atoms with Crippen LogP contribution in [-0.4, -0.2) is 40.3 Å². The summed E-state index contributed by atoms with van der Waals surface area (Å²) < 4.78 is 10.9. The number of phenols is 2. The molecule has 2 heterocycles. The average Bonchev–Trinajstić information content (AvgIpc) is 3.19. The molecular weight excluding hydrogens is 312 g/mol. The molecule has 0 radical (unpaired) electrons. The summed E-state index contributed by atoms with van der Waals surface area (Å²) in [7, 11) is 0. The fraction of sp³-hybridized carbons (Fsp3) is 0.444. The molecule has 6 nitrogen and oxygen atoms in total. The average molecular weight is 332 g/mol. The Bertz CT molecular complexity index is 693. The van der Waals surface area contributed by atoms with Gasteiger partial charge >= 0.3 is 5.97 Å². The lowest BCUT2D eigenvalue weighted by Gasteiger charge is -2.15. The second-order valence-electron chi connectivity index (χ2n) is 6.29. The highest BCUT2D eigenvalue weighted by atomic mass is 16.6. The maximum absolute atomic E-state index is 12.4. The maximum Gasteiger partial charge on any atom is 0.342 e. The molecule has 2 aliphatic heterocycles. The van der Waals surface area contributed by atoms with Crippen LogP contribution in [0.25, 0.3) is 0 Å². The van der Waals surface area contributed by atoms with Crippen molar-refractivity contribution in [1.82, 2.24) is 0 Å². The first-order valence-electron chi connectivity index (χ1n) is 8.04. The monoisotopic (exact) mass is 332 g/mol. The minimum atomic E-state index is -0.707. The van der Waals surface area contributed by atoms with Gasteiger partial charge in [0.05, 0.1) is 12.2 Å². The van der Waals surface area contributed by atoms with Gasteiger partial charge in [0.2, 0.25) is 0 Å². The predicted molar refractivity (Wildman–Crippen MR) is 85.0 cm³/mol. The second-order valence-corrected chi connectivity index (χ2v) is 6.29. The Morgan fingerprint density at radius 1 is 1.17 bits per heavy atom. The van der Waals surface area contributed by atoms with Crippen LogP contribution in [0, 0.1) is 0 Å². The fourth-order valence-electron chi connectivity index (χ4n) is 3.02. The summed E-state index contributed by atoms with van der Waals surface area (Å²) in [6.07, 6.45) is 5.14. The van der Waals surface area contributed by atoms with Crippen molar-refractivity contribution in [2.24, 2.45) is 0 Å². The Morgan fingerprint density at radius 3 is 2.75 bits per heavy atom. The number of ether oxygens (including phenoxy) is 2. The highest BCUT2D eigenvalue weighted by molar-refractivity contribution is 5.98. The van der Waals surface area contributed by atoms with E-state index in [0.29, 0.717) is 6.42 Å². The number of cyclic esters (lactones) is 1. The van der Waals surface area contributed by atoms with Crippen molar-refractivity contribution < 1.29 is 29.3 Å². The van der Waals surface area contributed by atoms with Crippen molar-refractivity contribution >= 4 is 11.8 Å². The first-order valence-corrected chi connectivity index (χ1v) is 8.04. The number of phenolic OH excluding ortho intramolecular Hbond substituents is 2. The van der Waals surface area contributed by atoms with E-state index >= 15 is 0 Å². The SMILES string of the molecule is C[C@H]1C[C@H]2O[C@H]2CC/C=C/C(=O)Cc2cc(O)cc(O)c2C(=O)O1. The summed E-state index contributed by atoms with van der Waals surface area (Å²) >= 11 is 0. The van der Waals surface area contributed by atoms with Gasteiger partial charge in [-0.1, -0.05) is 6.08 Å². The molecule has 0 aliphatic carbocycles. The first-order chi connectivity index (χ1) is 11.4. The number of carbonyl (C=O) groups excluding carboxylic acids is 2. The number of aromatic hydroxyl groups is 2. The number of hydrogen-bond acceptors (Lipinski definition) is 6. The van der Waals surface area contributed by atoms with E-state index in [1.165, 1.54) is 12.1 Å². The normalized spacial score (nSPS) is 29.0. The molecule has 2 N–H and O–H groups in total. The Balaban J connectivity index is 1.92. The number of esters is 1. The van der Waals surface area contributed by atoms with Crippen LogP contribution in [0.3, 0.4) is 0 Å². The lowest BCUT2D eigenvalue weighted by atomic mass is 9.99. The Labute approximate surface area is 139 Å². The molecule has 24 heavy (non-hydrogen) atoms. The number of rotatable bonds is 0. The van der Waals surface area contributed by atoms with Crippen molar-refractivity contribution in [3.05, 3.63) is 35.4 Å². The number of ketones is 1. The third-order valence-electron chi connectivity index (χ3n) is 4.23. The van der Waals surface area contributed by atoms with Gasteiger partial charge in [-0.05, 0) is 37.5 Å². The molecule has 0 bridgehead atoms. The van der Waals surface area contributed by atoms with Crippen molar-refractivity contribution in [2.75, 3.05) is 0 Å². The summed E-state index contributed by atoms with van der Waals surface area (Å²) in [5.74, 6) is -1.53. The molecule has 2 aliphatic rings. The van der Waals surface area contributed by atoms with Crippen LogP contribution in [0.2, 0.25) is 0 Å². The van der Waals surface area contributed by atoms with E-state index in [1.54, 1.807) is 13.0 Å². The number of allylic oxidation sites excluding steroid dienone is 2. The molecule has 0 saturated carbocycles. The van der Waals surface area contributed by atoms with E-state index in [9.17, 15) is 19.8 Å². The quantitative estimate of drug-likeness (QED) is 0.559. The molecular formula is C18H20O6. The third-order valence-corrected chi connectivity index (χ3v) is 4.23. The van der Waals surface area contributed by atoms with E-state index in [1.807, 2.05) is 0 Å². The number of epoxide rings is 1. The zero-order chi connectivity index (χ0) is 17.3.